The molecule has 5 heteroatoms. The van der Waals surface area contributed by atoms with Gasteiger partial charge in [-0.2, -0.15) is 0 Å². The fourth-order valence-electron chi connectivity index (χ4n) is 5.13. The number of piperidine rings is 1. The van der Waals surface area contributed by atoms with Gasteiger partial charge in [0.15, 0.2) is 0 Å². The molecule has 158 valence electrons. The fraction of sp³-hybridized carbons (Fsp3) is 0.480. The number of para-hydroxylation sites is 1. The molecular formula is C25H30N2O3. The van der Waals surface area contributed by atoms with Crippen LogP contribution in [0.15, 0.2) is 54.6 Å². The largest absolute Gasteiger partial charge is 0.457 e. The fourth-order valence-corrected chi connectivity index (χ4v) is 5.13. The zero-order chi connectivity index (χ0) is 20.4. The third-order valence-corrected chi connectivity index (χ3v) is 6.89. The van der Waals surface area contributed by atoms with Crippen LogP contribution in [-0.2, 0) is 4.74 Å². The Morgan fingerprint density at radius 3 is 2.50 bits per heavy atom. The quantitative estimate of drug-likeness (QED) is 0.741. The number of likely N-dealkylation sites (tertiary alicyclic amines) is 2. The zero-order valence-corrected chi connectivity index (χ0v) is 17.5. The Balaban J connectivity index is 1.22. The van der Waals surface area contributed by atoms with Crippen LogP contribution in [0.5, 0.6) is 11.5 Å². The van der Waals surface area contributed by atoms with Crippen molar-refractivity contribution in [3.05, 3.63) is 60.2 Å². The standard InChI is InChI=1S/C25H30N2O3/c28-24(20-9-11-22(12-10-20)30-21-6-2-1-3-7-21)26-15-5-13-25(19-26)14-16-27(25)18-23-8-4-17-29-23/h1-3,6-7,9-12,23H,4-5,8,13-19H2/t23-,25+/m0/s1. The Hall–Kier alpha value is -2.37. The molecule has 5 nitrogen and oxygen atoms in total. The molecule has 0 N–H and O–H groups in total. The van der Waals surface area contributed by atoms with E-state index in [0.717, 1.165) is 56.3 Å². The summed E-state index contributed by atoms with van der Waals surface area (Å²) in [7, 11) is 0. The highest BCUT2D eigenvalue weighted by Crippen LogP contribution is 2.39. The summed E-state index contributed by atoms with van der Waals surface area (Å²) < 4.78 is 11.7. The second-order valence-electron chi connectivity index (χ2n) is 8.83. The molecule has 2 atom stereocenters. The lowest BCUT2D eigenvalue weighted by molar-refractivity contribution is -0.0806. The van der Waals surface area contributed by atoms with Gasteiger partial charge in [-0.05, 0) is 68.5 Å². The van der Waals surface area contributed by atoms with Crippen LogP contribution in [-0.4, -0.2) is 60.1 Å². The molecule has 2 aromatic carbocycles. The summed E-state index contributed by atoms with van der Waals surface area (Å²) >= 11 is 0. The molecule has 0 saturated carbocycles. The van der Waals surface area contributed by atoms with Gasteiger partial charge >= 0.3 is 0 Å². The van der Waals surface area contributed by atoms with E-state index in [1.807, 2.05) is 54.6 Å². The number of hydrogen-bond donors (Lipinski definition) is 0. The number of carbonyl (C=O) groups excluding carboxylic acids is 1. The van der Waals surface area contributed by atoms with Crippen molar-refractivity contribution in [1.82, 2.24) is 9.80 Å². The summed E-state index contributed by atoms with van der Waals surface area (Å²) in [4.78, 5) is 17.8. The van der Waals surface area contributed by atoms with Crippen molar-refractivity contribution >= 4 is 5.91 Å². The highest BCUT2D eigenvalue weighted by atomic mass is 16.5. The second kappa shape index (κ2) is 8.40. The van der Waals surface area contributed by atoms with E-state index in [4.69, 9.17) is 9.47 Å². The summed E-state index contributed by atoms with van der Waals surface area (Å²) in [6.45, 7) is 4.73. The third kappa shape index (κ3) is 3.96. The van der Waals surface area contributed by atoms with Crippen molar-refractivity contribution in [2.45, 2.75) is 43.7 Å². The second-order valence-corrected chi connectivity index (χ2v) is 8.83. The first kappa shape index (κ1) is 19.6. The summed E-state index contributed by atoms with van der Waals surface area (Å²) in [6.07, 6.45) is 6.18. The van der Waals surface area contributed by atoms with Gasteiger partial charge in [-0.3, -0.25) is 9.69 Å². The van der Waals surface area contributed by atoms with Crippen LogP contribution in [0.3, 0.4) is 0 Å². The lowest BCUT2D eigenvalue weighted by Gasteiger charge is -2.57. The van der Waals surface area contributed by atoms with E-state index >= 15 is 0 Å². The average Bonchev–Trinajstić information content (AvgIpc) is 3.31. The van der Waals surface area contributed by atoms with Gasteiger partial charge in [0, 0.05) is 43.9 Å². The van der Waals surface area contributed by atoms with E-state index in [1.165, 1.54) is 25.7 Å². The molecule has 3 aliphatic rings. The van der Waals surface area contributed by atoms with E-state index in [-0.39, 0.29) is 11.4 Å². The summed E-state index contributed by atoms with van der Waals surface area (Å²) in [5.41, 5.74) is 0.897. The van der Waals surface area contributed by atoms with Gasteiger partial charge in [-0.15, -0.1) is 0 Å². The Labute approximate surface area is 178 Å². The van der Waals surface area contributed by atoms with Crippen LogP contribution in [0, 0.1) is 0 Å². The first-order valence-electron chi connectivity index (χ1n) is 11.2. The molecule has 0 aliphatic carbocycles. The molecule has 0 bridgehead atoms. The van der Waals surface area contributed by atoms with E-state index < -0.39 is 0 Å². The minimum absolute atomic E-state index is 0.129. The van der Waals surface area contributed by atoms with E-state index in [0.29, 0.717) is 6.10 Å². The van der Waals surface area contributed by atoms with Crippen LogP contribution in [0.1, 0.15) is 42.5 Å². The summed E-state index contributed by atoms with van der Waals surface area (Å²) in [6, 6.07) is 17.2. The van der Waals surface area contributed by atoms with Crippen molar-refractivity contribution in [2.24, 2.45) is 0 Å². The zero-order valence-electron chi connectivity index (χ0n) is 17.5. The number of carbonyl (C=O) groups is 1. The topological polar surface area (TPSA) is 42.0 Å². The lowest BCUT2D eigenvalue weighted by atomic mass is 9.77. The van der Waals surface area contributed by atoms with Gasteiger partial charge in [0.05, 0.1) is 6.10 Å². The van der Waals surface area contributed by atoms with Gasteiger partial charge in [0.25, 0.3) is 5.91 Å². The number of ether oxygens (including phenoxy) is 2. The van der Waals surface area contributed by atoms with Crippen LogP contribution in [0.4, 0.5) is 0 Å². The molecule has 1 spiro atoms. The number of nitrogens with zero attached hydrogens (tertiary/aromatic N) is 2. The van der Waals surface area contributed by atoms with Gasteiger partial charge in [0.2, 0.25) is 0 Å². The minimum Gasteiger partial charge on any atom is -0.457 e. The maximum absolute atomic E-state index is 13.2. The van der Waals surface area contributed by atoms with Gasteiger partial charge < -0.3 is 14.4 Å². The average molecular weight is 407 g/mol. The van der Waals surface area contributed by atoms with Crippen molar-refractivity contribution in [3.63, 3.8) is 0 Å². The lowest BCUT2D eigenvalue weighted by Crippen LogP contribution is -2.68. The molecule has 3 heterocycles. The van der Waals surface area contributed by atoms with Gasteiger partial charge in [0.1, 0.15) is 11.5 Å². The van der Waals surface area contributed by atoms with Crippen LogP contribution >= 0.6 is 0 Å². The Bertz CT molecular complexity index is 864. The molecule has 3 saturated heterocycles. The van der Waals surface area contributed by atoms with E-state index in [9.17, 15) is 4.79 Å². The molecule has 3 aliphatic heterocycles. The number of benzene rings is 2. The van der Waals surface area contributed by atoms with Crippen molar-refractivity contribution in [1.29, 1.82) is 0 Å². The first-order valence-corrected chi connectivity index (χ1v) is 11.2. The van der Waals surface area contributed by atoms with Crippen molar-refractivity contribution in [2.75, 3.05) is 32.8 Å². The highest BCUT2D eigenvalue weighted by molar-refractivity contribution is 5.94. The van der Waals surface area contributed by atoms with E-state index in [2.05, 4.69) is 9.80 Å². The van der Waals surface area contributed by atoms with Crippen LogP contribution in [0.25, 0.3) is 0 Å². The molecular weight excluding hydrogens is 376 g/mol. The minimum atomic E-state index is 0.129. The van der Waals surface area contributed by atoms with Gasteiger partial charge in [-0.25, -0.2) is 0 Å². The third-order valence-electron chi connectivity index (χ3n) is 6.89. The summed E-state index contributed by atoms with van der Waals surface area (Å²) in [5, 5.41) is 0. The van der Waals surface area contributed by atoms with Crippen molar-refractivity contribution in [3.8, 4) is 11.5 Å². The predicted molar refractivity (Wildman–Crippen MR) is 116 cm³/mol. The maximum atomic E-state index is 13.2. The molecule has 1 amide bonds. The smallest absolute Gasteiger partial charge is 0.253 e. The molecule has 0 unspecified atom stereocenters. The first-order chi connectivity index (χ1) is 14.7. The summed E-state index contributed by atoms with van der Waals surface area (Å²) in [5.74, 6) is 1.67. The Kier molecular flexibility index (Phi) is 5.48. The van der Waals surface area contributed by atoms with Crippen molar-refractivity contribution < 1.29 is 14.3 Å². The highest BCUT2D eigenvalue weighted by Gasteiger charge is 2.48. The molecule has 5 rings (SSSR count). The number of rotatable bonds is 5. The van der Waals surface area contributed by atoms with E-state index in [1.54, 1.807) is 0 Å². The normalized spacial score (nSPS) is 26.5. The molecule has 0 radical (unpaired) electrons. The monoisotopic (exact) mass is 406 g/mol. The molecule has 3 fully saturated rings. The maximum Gasteiger partial charge on any atom is 0.253 e. The number of amides is 1. The van der Waals surface area contributed by atoms with Gasteiger partial charge in [-0.1, -0.05) is 18.2 Å². The van der Waals surface area contributed by atoms with Crippen LogP contribution < -0.4 is 4.74 Å². The Morgan fingerprint density at radius 1 is 1.00 bits per heavy atom. The number of hydrogen-bond acceptors (Lipinski definition) is 4. The Morgan fingerprint density at radius 2 is 1.80 bits per heavy atom. The SMILES string of the molecule is O=C(c1ccc(Oc2ccccc2)cc1)N1CCC[C@@]2(CCN2C[C@@H]2CCCO2)C1. The molecule has 2 aromatic rings. The van der Waals surface area contributed by atoms with Crippen LogP contribution in [0.2, 0.25) is 0 Å². The molecule has 0 aromatic heterocycles. The molecule has 30 heavy (non-hydrogen) atoms. The predicted octanol–water partition coefficient (Wildman–Crippen LogP) is 4.34.